The van der Waals surface area contributed by atoms with Gasteiger partial charge in [0.2, 0.25) is 5.91 Å². The molecule has 1 aliphatic rings. The number of aryl methyl sites for hydroxylation is 1. The van der Waals surface area contributed by atoms with Crippen molar-refractivity contribution in [3.63, 3.8) is 0 Å². The van der Waals surface area contributed by atoms with Crippen molar-refractivity contribution in [2.24, 2.45) is 0 Å². The molecular weight excluding hydrogens is 330 g/mol. The van der Waals surface area contributed by atoms with Crippen LogP contribution in [0.2, 0.25) is 0 Å². The van der Waals surface area contributed by atoms with E-state index in [0.29, 0.717) is 24.4 Å². The minimum absolute atomic E-state index is 0.00116. The second kappa shape index (κ2) is 6.06. The van der Waals surface area contributed by atoms with Crippen LogP contribution in [-0.2, 0) is 11.2 Å². The van der Waals surface area contributed by atoms with Crippen molar-refractivity contribution in [1.29, 1.82) is 0 Å². The highest BCUT2D eigenvalue weighted by atomic mass is 79.9. The molecule has 0 bridgehead atoms. The fraction of sp³-hybridized carbons (Fsp3) is 0.429. The Morgan fingerprint density at radius 2 is 2.16 bits per heavy atom. The Kier molecular flexibility index (Phi) is 4.63. The van der Waals surface area contributed by atoms with Crippen LogP contribution in [0.25, 0.3) is 0 Å². The largest absolute Gasteiger partial charge is 0.312 e. The van der Waals surface area contributed by atoms with Gasteiger partial charge in [0.1, 0.15) is 0 Å². The van der Waals surface area contributed by atoms with Gasteiger partial charge in [0.05, 0.1) is 0 Å². The SMILES string of the molecule is CC(=O)N1CCCc2cc(Br)c(C(=O)CCCl)cc21. The Bertz CT molecular complexity index is 530. The summed E-state index contributed by atoms with van der Waals surface area (Å²) in [5, 5.41) is 0. The number of ketones is 1. The highest BCUT2D eigenvalue weighted by Gasteiger charge is 2.23. The van der Waals surface area contributed by atoms with E-state index in [0.717, 1.165) is 28.6 Å². The van der Waals surface area contributed by atoms with E-state index in [1.807, 2.05) is 12.1 Å². The van der Waals surface area contributed by atoms with E-state index in [1.165, 1.54) is 0 Å². The number of hydrogen-bond donors (Lipinski definition) is 0. The van der Waals surface area contributed by atoms with Crippen LogP contribution in [0.1, 0.15) is 35.7 Å². The van der Waals surface area contributed by atoms with E-state index in [2.05, 4.69) is 15.9 Å². The number of anilines is 1. The minimum Gasteiger partial charge on any atom is -0.312 e. The monoisotopic (exact) mass is 343 g/mol. The maximum atomic E-state index is 12.0. The van der Waals surface area contributed by atoms with Crippen LogP contribution in [-0.4, -0.2) is 24.1 Å². The van der Waals surface area contributed by atoms with Gasteiger partial charge < -0.3 is 4.90 Å². The van der Waals surface area contributed by atoms with Crippen molar-refractivity contribution >= 4 is 44.9 Å². The number of halogens is 2. The first-order valence-electron chi connectivity index (χ1n) is 6.24. The third-order valence-corrected chi connectivity index (χ3v) is 4.13. The molecule has 1 aromatic carbocycles. The third kappa shape index (κ3) is 3.00. The van der Waals surface area contributed by atoms with Crippen molar-refractivity contribution < 1.29 is 9.59 Å². The molecule has 19 heavy (non-hydrogen) atoms. The summed E-state index contributed by atoms with van der Waals surface area (Å²) in [7, 11) is 0. The highest BCUT2D eigenvalue weighted by Crippen LogP contribution is 2.33. The Morgan fingerprint density at radius 3 is 2.79 bits per heavy atom. The van der Waals surface area contributed by atoms with Crippen molar-refractivity contribution in [3.05, 3.63) is 27.7 Å². The van der Waals surface area contributed by atoms with Crippen LogP contribution in [0.5, 0.6) is 0 Å². The summed E-state index contributed by atoms with van der Waals surface area (Å²) in [5.74, 6) is 0.316. The number of Topliss-reactive ketones (excluding diaryl/α,β-unsaturated/α-hetero) is 1. The lowest BCUT2D eigenvalue weighted by molar-refractivity contribution is -0.116. The molecule has 1 aliphatic heterocycles. The zero-order chi connectivity index (χ0) is 14.0. The second-order valence-electron chi connectivity index (χ2n) is 4.60. The number of carbonyl (C=O) groups is 2. The van der Waals surface area contributed by atoms with Crippen LogP contribution < -0.4 is 4.90 Å². The van der Waals surface area contributed by atoms with Crippen LogP contribution in [0.3, 0.4) is 0 Å². The second-order valence-corrected chi connectivity index (χ2v) is 5.83. The maximum Gasteiger partial charge on any atom is 0.223 e. The predicted octanol–water partition coefficient (Wildman–Crippen LogP) is 3.56. The van der Waals surface area contributed by atoms with Crippen molar-refractivity contribution in [2.75, 3.05) is 17.3 Å². The molecule has 0 saturated heterocycles. The first-order chi connectivity index (χ1) is 9.04. The smallest absolute Gasteiger partial charge is 0.223 e. The first kappa shape index (κ1) is 14.5. The Labute approximate surface area is 126 Å². The zero-order valence-corrected chi connectivity index (χ0v) is 13.1. The molecule has 1 aromatic rings. The fourth-order valence-electron chi connectivity index (χ4n) is 2.36. The molecule has 0 unspecified atom stereocenters. The summed E-state index contributed by atoms with van der Waals surface area (Å²) in [5.41, 5.74) is 2.57. The van der Waals surface area contributed by atoms with Gasteiger partial charge in [-0.1, -0.05) is 15.9 Å². The number of nitrogens with zero attached hydrogens (tertiary/aromatic N) is 1. The molecule has 102 valence electrons. The van der Waals surface area contributed by atoms with Crippen LogP contribution in [0.4, 0.5) is 5.69 Å². The summed E-state index contributed by atoms with van der Waals surface area (Å²) < 4.78 is 0.784. The van der Waals surface area contributed by atoms with Gasteiger partial charge in [-0.3, -0.25) is 9.59 Å². The number of amides is 1. The summed E-state index contributed by atoms with van der Waals surface area (Å²) in [6.07, 6.45) is 2.19. The molecule has 5 heteroatoms. The third-order valence-electron chi connectivity index (χ3n) is 3.29. The number of hydrogen-bond acceptors (Lipinski definition) is 2. The van der Waals surface area contributed by atoms with E-state index < -0.39 is 0 Å². The highest BCUT2D eigenvalue weighted by molar-refractivity contribution is 9.10. The molecule has 3 nitrogen and oxygen atoms in total. The van der Waals surface area contributed by atoms with Crippen molar-refractivity contribution in [1.82, 2.24) is 0 Å². The number of carbonyl (C=O) groups excluding carboxylic acids is 2. The van der Waals surface area contributed by atoms with Gasteiger partial charge in [0.15, 0.2) is 5.78 Å². The van der Waals surface area contributed by atoms with E-state index in [-0.39, 0.29) is 11.7 Å². The normalized spacial score (nSPS) is 14.2. The van der Waals surface area contributed by atoms with Gasteiger partial charge in [0.25, 0.3) is 0 Å². The van der Waals surface area contributed by atoms with Gasteiger partial charge in [-0.2, -0.15) is 0 Å². The maximum absolute atomic E-state index is 12.0. The van der Waals surface area contributed by atoms with Gasteiger partial charge >= 0.3 is 0 Å². The lowest BCUT2D eigenvalue weighted by atomic mass is 9.97. The van der Waals surface area contributed by atoms with Gasteiger partial charge in [-0.25, -0.2) is 0 Å². The number of benzene rings is 1. The lowest BCUT2D eigenvalue weighted by Crippen LogP contribution is -2.33. The van der Waals surface area contributed by atoms with Gasteiger partial charge in [-0.15, -0.1) is 11.6 Å². The quantitative estimate of drug-likeness (QED) is 0.621. The molecule has 0 aromatic heterocycles. The molecule has 1 amide bonds. The summed E-state index contributed by atoms with van der Waals surface area (Å²) in [4.78, 5) is 25.4. The van der Waals surface area contributed by atoms with E-state index in [1.54, 1.807) is 11.8 Å². The van der Waals surface area contributed by atoms with Crippen molar-refractivity contribution in [2.45, 2.75) is 26.2 Å². The average molecular weight is 345 g/mol. The average Bonchev–Trinajstić information content (AvgIpc) is 2.37. The van der Waals surface area contributed by atoms with Crippen molar-refractivity contribution in [3.8, 4) is 0 Å². The van der Waals surface area contributed by atoms with E-state index in [4.69, 9.17) is 11.6 Å². The molecule has 0 spiro atoms. The molecule has 0 atom stereocenters. The zero-order valence-electron chi connectivity index (χ0n) is 10.7. The Hall–Kier alpha value is -0.870. The predicted molar refractivity (Wildman–Crippen MR) is 80.2 cm³/mol. The van der Waals surface area contributed by atoms with Crippen LogP contribution in [0.15, 0.2) is 16.6 Å². The lowest BCUT2D eigenvalue weighted by Gasteiger charge is -2.29. The number of alkyl halides is 1. The van der Waals surface area contributed by atoms with Gasteiger partial charge in [-0.05, 0) is 30.5 Å². The number of fused-ring (bicyclic) bond motifs is 1. The molecular formula is C14H15BrClNO2. The topological polar surface area (TPSA) is 37.4 Å². The molecule has 2 rings (SSSR count). The Morgan fingerprint density at radius 1 is 1.42 bits per heavy atom. The molecule has 0 radical (unpaired) electrons. The first-order valence-corrected chi connectivity index (χ1v) is 7.57. The van der Waals surface area contributed by atoms with E-state index in [9.17, 15) is 9.59 Å². The summed E-state index contributed by atoms with van der Waals surface area (Å²) >= 11 is 9.06. The molecule has 0 N–H and O–H groups in total. The molecule has 1 heterocycles. The summed E-state index contributed by atoms with van der Waals surface area (Å²) in [6, 6.07) is 3.76. The minimum atomic E-state index is -0.00116. The van der Waals surface area contributed by atoms with Crippen LogP contribution >= 0.6 is 27.5 Å². The number of rotatable bonds is 3. The summed E-state index contributed by atoms with van der Waals surface area (Å²) in [6.45, 7) is 2.27. The molecule has 0 saturated carbocycles. The Balaban J connectivity index is 2.46. The van der Waals surface area contributed by atoms with E-state index >= 15 is 0 Å². The molecule has 0 aliphatic carbocycles. The van der Waals surface area contributed by atoms with Crippen LogP contribution in [0, 0.1) is 0 Å². The molecule has 0 fully saturated rings. The standard InChI is InChI=1S/C14H15BrClNO2/c1-9(18)17-6-2-3-10-7-12(15)11(8-13(10)17)14(19)4-5-16/h7-8H,2-6H2,1H3. The fourth-order valence-corrected chi connectivity index (χ4v) is 3.15. The van der Waals surface area contributed by atoms with Gasteiger partial charge in [0, 0.05) is 41.5 Å².